The molecule has 2 saturated heterocycles. The maximum Gasteiger partial charge on any atom is 0.223 e. The first-order valence-corrected chi connectivity index (χ1v) is 9.57. The fourth-order valence-corrected chi connectivity index (χ4v) is 3.68. The van der Waals surface area contributed by atoms with E-state index in [1.165, 1.54) is 0 Å². The summed E-state index contributed by atoms with van der Waals surface area (Å²) in [5, 5.41) is 16.7. The van der Waals surface area contributed by atoms with E-state index in [4.69, 9.17) is 0 Å². The van der Waals surface area contributed by atoms with E-state index in [-0.39, 0.29) is 36.6 Å². The highest BCUT2D eigenvalue weighted by Crippen LogP contribution is 2.21. The van der Waals surface area contributed by atoms with Gasteiger partial charge < -0.3 is 20.6 Å². The third kappa shape index (κ3) is 6.91. The van der Waals surface area contributed by atoms with Crippen molar-refractivity contribution in [2.45, 2.75) is 25.9 Å². The van der Waals surface area contributed by atoms with E-state index in [0.717, 1.165) is 51.1 Å². The Balaban J connectivity index is 0.00000182. The van der Waals surface area contributed by atoms with Gasteiger partial charge in [-0.2, -0.15) is 0 Å². The molecule has 2 heterocycles. The summed E-state index contributed by atoms with van der Waals surface area (Å²) in [4.78, 5) is 14.5. The number of rotatable bonds is 7. The molecule has 0 bridgehead atoms. The molecule has 1 aromatic carbocycles. The topological polar surface area (TPSA) is 64.6 Å². The van der Waals surface area contributed by atoms with Gasteiger partial charge in [-0.1, -0.05) is 37.3 Å². The number of hydrogen-bond acceptors (Lipinski definition) is 4. The lowest BCUT2D eigenvalue weighted by molar-refractivity contribution is -0.126. The van der Waals surface area contributed by atoms with E-state index in [1.807, 2.05) is 37.3 Å². The standard InChI is InChI=1S/C20H31N3O2.2ClH/c1-15(18-12-21-13-18)20(25)22-11-16-7-9-23(10-8-16)14-19(24)17-5-3-2-4-6-17;;/h2-6,15-16,18-19,21,24H,7-14H2,1H3,(H,22,25);2*1H. The predicted octanol–water partition coefficient (Wildman–Crippen LogP) is 2.25. The molecule has 0 saturated carbocycles. The third-order valence-electron chi connectivity index (χ3n) is 5.82. The molecule has 0 aliphatic carbocycles. The molecule has 2 unspecified atom stereocenters. The Morgan fingerprint density at radius 2 is 1.85 bits per heavy atom. The number of aliphatic hydroxyl groups is 1. The molecule has 2 fully saturated rings. The van der Waals surface area contributed by atoms with Crippen LogP contribution in [0.4, 0.5) is 0 Å². The number of carbonyl (C=O) groups is 1. The fraction of sp³-hybridized carbons (Fsp3) is 0.650. The zero-order valence-electron chi connectivity index (χ0n) is 16.0. The highest BCUT2D eigenvalue weighted by molar-refractivity contribution is 5.85. The van der Waals surface area contributed by atoms with Gasteiger partial charge in [0.2, 0.25) is 5.91 Å². The first kappa shape index (κ1) is 24.2. The second-order valence-electron chi connectivity index (χ2n) is 7.62. The summed E-state index contributed by atoms with van der Waals surface area (Å²) in [7, 11) is 0. The van der Waals surface area contributed by atoms with Crippen LogP contribution in [0.3, 0.4) is 0 Å². The molecule has 27 heavy (non-hydrogen) atoms. The van der Waals surface area contributed by atoms with E-state index in [9.17, 15) is 9.90 Å². The first-order valence-electron chi connectivity index (χ1n) is 9.57. The maximum absolute atomic E-state index is 12.2. The van der Waals surface area contributed by atoms with Gasteiger partial charge in [-0.05, 0) is 56.4 Å². The number of benzene rings is 1. The summed E-state index contributed by atoms with van der Waals surface area (Å²) in [5.74, 6) is 1.37. The van der Waals surface area contributed by atoms with Crippen molar-refractivity contribution in [2.75, 3.05) is 39.3 Å². The molecule has 0 aromatic heterocycles. The average Bonchev–Trinajstić information content (AvgIpc) is 2.60. The molecule has 2 aliphatic heterocycles. The SMILES string of the molecule is CC(C(=O)NCC1CCN(CC(O)c2ccccc2)CC1)C1CNC1.Cl.Cl. The third-order valence-corrected chi connectivity index (χ3v) is 5.82. The van der Waals surface area contributed by atoms with Gasteiger partial charge in [0.25, 0.3) is 0 Å². The summed E-state index contributed by atoms with van der Waals surface area (Å²) < 4.78 is 0. The van der Waals surface area contributed by atoms with Gasteiger partial charge in [-0.3, -0.25) is 4.79 Å². The summed E-state index contributed by atoms with van der Waals surface area (Å²) in [6, 6.07) is 9.86. The van der Waals surface area contributed by atoms with Crippen molar-refractivity contribution in [3.8, 4) is 0 Å². The first-order chi connectivity index (χ1) is 12.1. The highest BCUT2D eigenvalue weighted by Gasteiger charge is 2.29. The second kappa shape index (κ2) is 11.9. The Bertz CT molecular complexity index is 549. The summed E-state index contributed by atoms with van der Waals surface area (Å²) >= 11 is 0. The molecule has 3 rings (SSSR count). The van der Waals surface area contributed by atoms with Crippen molar-refractivity contribution in [1.82, 2.24) is 15.5 Å². The monoisotopic (exact) mass is 417 g/mol. The Kier molecular flexibility index (Phi) is 10.6. The van der Waals surface area contributed by atoms with Crippen LogP contribution < -0.4 is 10.6 Å². The molecule has 0 spiro atoms. The minimum Gasteiger partial charge on any atom is -0.387 e. The molecule has 7 heteroatoms. The van der Waals surface area contributed by atoms with E-state index in [2.05, 4.69) is 15.5 Å². The number of amides is 1. The number of nitrogens with one attached hydrogen (secondary N) is 2. The van der Waals surface area contributed by atoms with Crippen molar-refractivity contribution < 1.29 is 9.90 Å². The molecule has 1 aromatic rings. The Morgan fingerprint density at radius 1 is 1.22 bits per heavy atom. The van der Waals surface area contributed by atoms with Gasteiger partial charge in [0, 0.05) is 19.0 Å². The van der Waals surface area contributed by atoms with Crippen LogP contribution in [0.1, 0.15) is 31.4 Å². The molecule has 1 amide bonds. The summed E-state index contributed by atoms with van der Waals surface area (Å²) in [5.41, 5.74) is 0.983. The van der Waals surface area contributed by atoms with Gasteiger partial charge in [-0.15, -0.1) is 24.8 Å². The largest absolute Gasteiger partial charge is 0.387 e. The van der Waals surface area contributed by atoms with Crippen molar-refractivity contribution in [3.63, 3.8) is 0 Å². The number of piperidine rings is 1. The van der Waals surface area contributed by atoms with Crippen LogP contribution in [0.15, 0.2) is 30.3 Å². The molecule has 5 nitrogen and oxygen atoms in total. The Morgan fingerprint density at radius 3 is 2.41 bits per heavy atom. The fourth-order valence-electron chi connectivity index (χ4n) is 3.68. The van der Waals surface area contributed by atoms with E-state index in [0.29, 0.717) is 18.4 Å². The van der Waals surface area contributed by atoms with Gasteiger partial charge in [-0.25, -0.2) is 0 Å². The lowest BCUT2D eigenvalue weighted by Crippen LogP contribution is -2.50. The van der Waals surface area contributed by atoms with Crippen LogP contribution in [-0.2, 0) is 4.79 Å². The van der Waals surface area contributed by atoms with Gasteiger partial charge in [0.05, 0.1) is 6.10 Å². The van der Waals surface area contributed by atoms with Gasteiger partial charge in [0.1, 0.15) is 0 Å². The van der Waals surface area contributed by atoms with Crippen LogP contribution in [0, 0.1) is 17.8 Å². The van der Waals surface area contributed by atoms with Gasteiger partial charge in [0.15, 0.2) is 0 Å². The minimum atomic E-state index is -0.422. The lowest BCUT2D eigenvalue weighted by Gasteiger charge is -2.34. The average molecular weight is 418 g/mol. The quantitative estimate of drug-likeness (QED) is 0.636. The lowest BCUT2D eigenvalue weighted by atomic mass is 9.88. The molecule has 0 radical (unpaired) electrons. The number of carbonyl (C=O) groups excluding carboxylic acids is 1. The number of likely N-dealkylation sites (tertiary alicyclic amines) is 1. The van der Waals surface area contributed by atoms with Crippen LogP contribution in [0.25, 0.3) is 0 Å². The number of halogens is 2. The zero-order chi connectivity index (χ0) is 17.6. The van der Waals surface area contributed by atoms with Crippen LogP contribution in [0.2, 0.25) is 0 Å². The maximum atomic E-state index is 12.2. The molecular weight excluding hydrogens is 385 g/mol. The number of hydrogen-bond donors (Lipinski definition) is 3. The molecular formula is C20H33Cl2N3O2. The van der Waals surface area contributed by atoms with Crippen LogP contribution in [-0.4, -0.2) is 55.2 Å². The molecule has 2 atom stereocenters. The summed E-state index contributed by atoms with van der Waals surface area (Å²) in [6.45, 7) is 7.44. The number of β-amino-alcohol motifs (C(OH)–C–C–N with tert-alkyl or cyclic N) is 1. The van der Waals surface area contributed by atoms with E-state index < -0.39 is 6.10 Å². The van der Waals surface area contributed by atoms with E-state index >= 15 is 0 Å². The molecule has 3 N–H and O–H groups in total. The Hall–Kier alpha value is -0.850. The molecule has 154 valence electrons. The predicted molar refractivity (Wildman–Crippen MR) is 114 cm³/mol. The minimum absolute atomic E-state index is 0. The zero-order valence-corrected chi connectivity index (χ0v) is 17.6. The second-order valence-corrected chi connectivity index (χ2v) is 7.62. The van der Waals surface area contributed by atoms with Crippen molar-refractivity contribution in [1.29, 1.82) is 0 Å². The summed E-state index contributed by atoms with van der Waals surface area (Å²) in [6.07, 6.45) is 1.75. The van der Waals surface area contributed by atoms with Crippen molar-refractivity contribution >= 4 is 30.7 Å². The van der Waals surface area contributed by atoms with E-state index in [1.54, 1.807) is 0 Å². The Labute approximate surface area is 175 Å². The normalized spacial score (nSPS) is 20.5. The highest BCUT2D eigenvalue weighted by atomic mass is 35.5. The van der Waals surface area contributed by atoms with Crippen LogP contribution >= 0.6 is 24.8 Å². The van der Waals surface area contributed by atoms with Crippen molar-refractivity contribution in [2.24, 2.45) is 17.8 Å². The number of aliphatic hydroxyl groups excluding tert-OH is 1. The van der Waals surface area contributed by atoms with Gasteiger partial charge >= 0.3 is 0 Å². The molecule has 2 aliphatic rings. The van der Waals surface area contributed by atoms with Crippen molar-refractivity contribution in [3.05, 3.63) is 35.9 Å². The smallest absolute Gasteiger partial charge is 0.223 e. The van der Waals surface area contributed by atoms with Crippen LogP contribution in [0.5, 0.6) is 0 Å². The number of nitrogens with zero attached hydrogens (tertiary/aromatic N) is 1.